The van der Waals surface area contributed by atoms with E-state index in [2.05, 4.69) is 20.8 Å². The lowest BCUT2D eigenvalue weighted by Crippen LogP contribution is -2.25. The first-order chi connectivity index (χ1) is 13.6. The van der Waals surface area contributed by atoms with Crippen LogP contribution >= 0.6 is 0 Å². The van der Waals surface area contributed by atoms with Crippen LogP contribution in [0.3, 0.4) is 0 Å². The van der Waals surface area contributed by atoms with E-state index in [1.807, 2.05) is 73.3 Å². The van der Waals surface area contributed by atoms with Crippen LogP contribution in [0.5, 0.6) is 0 Å². The molecule has 3 aromatic heterocycles. The molecule has 0 bridgehead atoms. The molecule has 1 N–H and O–H groups in total. The van der Waals surface area contributed by atoms with Crippen molar-refractivity contribution in [3.63, 3.8) is 0 Å². The minimum Gasteiger partial charge on any atom is -0.361 e. The number of hydrogen-bond acceptors (Lipinski definition) is 5. The SMILES string of the molecule is Cc1noc(C)c1CNC(=O)c1nnn(Cc2ccccc2)c1-n1cccc1. The average molecular weight is 376 g/mol. The summed E-state index contributed by atoms with van der Waals surface area (Å²) in [7, 11) is 0. The van der Waals surface area contributed by atoms with Gasteiger partial charge in [-0.2, -0.15) is 0 Å². The zero-order chi connectivity index (χ0) is 19.5. The average Bonchev–Trinajstić information content (AvgIpc) is 3.42. The van der Waals surface area contributed by atoms with Crippen LogP contribution in [-0.4, -0.2) is 30.6 Å². The van der Waals surface area contributed by atoms with Gasteiger partial charge in [-0.3, -0.25) is 4.79 Å². The number of benzene rings is 1. The number of amides is 1. The van der Waals surface area contributed by atoms with Gasteiger partial charge in [0.2, 0.25) is 0 Å². The van der Waals surface area contributed by atoms with Gasteiger partial charge in [-0.15, -0.1) is 5.10 Å². The largest absolute Gasteiger partial charge is 0.361 e. The van der Waals surface area contributed by atoms with Gasteiger partial charge < -0.3 is 14.4 Å². The molecule has 142 valence electrons. The quantitative estimate of drug-likeness (QED) is 0.559. The van der Waals surface area contributed by atoms with Crippen LogP contribution in [0.1, 0.15) is 33.1 Å². The third-order valence-corrected chi connectivity index (χ3v) is 4.56. The minimum atomic E-state index is -0.303. The maximum Gasteiger partial charge on any atom is 0.276 e. The Morgan fingerprint density at radius 3 is 2.54 bits per heavy atom. The summed E-state index contributed by atoms with van der Waals surface area (Å²) in [6.07, 6.45) is 3.73. The summed E-state index contributed by atoms with van der Waals surface area (Å²) in [4.78, 5) is 12.9. The minimum absolute atomic E-state index is 0.263. The van der Waals surface area contributed by atoms with Gasteiger partial charge in [0.15, 0.2) is 11.5 Å². The number of aromatic nitrogens is 5. The predicted molar refractivity (Wildman–Crippen MR) is 102 cm³/mol. The Kier molecular flexibility index (Phi) is 4.76. The van der Waals surface area contributed by atoms with Gasteiger partial charge in [0.05, 0.1) is 12.2 Å². The van der Waals surface area contributed by atoms with Crippen molar-refractivity contribution in [3.05, 3.63) is 83.1 Å². The van der Waals surface area contributed by atoms with Crippen LogP contribution in [0.2, 0.25) is 0 Å². The number of hydrogen-bond donors (Lipinski definition) is 1. The molecule has 0 fully saturated rings. The van der Waals surface area contributed by atoms with Crippen molar-refractivity contribution in [3.8, 4) is 5.82 Å². The van der Waals surface area contributed by atoms with Crippen molar-refractivity contribution in [2.24, 2.45) is 0 Å². The fourth-order valence-electron chi connectivity index (χ4n) is 3.06. The highest BCUT2D eigenvalue weighted by Crippen LogP contribution is 2.16. The predicted octanol–water partition coefficient (Wildman–Crippen LogP) is 2.65. The van der Waals surface area contributed by atoms with Gasteiger partial charge in [-0.05, 0) is 31.5 Å². The van der Waals surface area contributed by atoms with E-state index in [1.165, 1.54) is 0 Å². The molecule has 4 aromatic rings. The van der Waals surface area contributed by atoms with Crippen LogP contribution < -0.4 is 5.32 Å². The monoisotopic (exact) mass is 376 g/mol. The zero-order valence-electron chi connectivity index (χ0n) is 15.7. The second-order valence-corrected chi connectivity index (χ2v) is 6.48. The van der Waals surface area contributed by atoms with Crippen molar-refractivity contribution < 1.29 is 9.32 Å². The Balaban J connectivity index is 1.62. The molecule has 3 heterocycles. The Morgan fingerprint density at radius 2 is 1.86 bits per heavy atom. The summed E-state index contributed by atoms with van der Waals surface area (Å²) in [6, 6.07) is 13.7. The van der Waals surface area contributed by atoms with E-state index >= 15 is 0 Å². The molecule has 8 nitrogen and oxygen atoms in total. The normalized spacial score (nSPS) is 10.9. The molecule has 4 rings (SSSR count). The molecular formula is C20H20N6O2. The fraction of sp³-hybridized carbons (Fsp3) is 0.200. The van der Waals surface area contributed by atoms with E-state index in [4.69, 9.17) is 4.52 Å². The van der Waals surface area contributed by atoms with Crippen LogP contribution in [0.4, 0.5) is 0 Å². The topological polar surface area (TPSA) is 90.8 Å². The van der Waals surface area contributed by atoms with E-state index in [0.717, 1.165) is 16.8 Å². The van der Waals surface area contributed by atoms with Crippen LogP contribution in [0.25, 0.3) is 5.82 Å². The third kappa shape index (κ3) is 3.44. The maximum atomic E-state index is 12.9. The molecule has 0 radical (unpaired) electrons. The van der Waals surface area contributed by atoms with E-state index in [-0.39, 0.29) is 11.6 Å². The Labute approximate surface area is 161 Å². The van der Waals surface area contributed by atoms with E-state index in [0.29, 0.717) is 24.7 Å². The molecule has 0 aliphatic carbocycles. The van der Waals surface area contributed by atoms with Gasteiger partial charge >= 0.3 is 0 Å². The lowest BCUT2D eigenvalue weighted by Gasteiger charge is -2.10. The molecule has 0 atom stereocenters. The highest BCUT2D eigenvalue weighted by Gasteiger charge is 2.22. The number of rotatable bonds is 6. The molecule has 1 aromatic carbocycles. The number of aryl methyl sites for hydroxylation is 2. The Morgan fingerprint density at radius 1 is 1.11 bits per heavy atom. The molecule has 0 saturated heterocycles. The molecular weight excluding hydrogens is 356 g/mol. The first kappa shape index (κ1) is 17.7. The maximum absolute atomic E-state index is 12.9. The first-order valence-electron chi connectivity index (χ1n) is 8.94. The number of carbonyl (C=O) groups excluding carboxylic acids is 1. The van der Waals surface area contributed by atoms with Gasteiger partial charge in [-0.25, -0.2) is 4.68 Å². The Bertz CT molecular complexity index is 1060. The molecule has 0 saturated carbocycles. The van der Waals surface area contributed by atoms with Crippen molar-refractivity contribution >= 4 is 5.91 Å². The summed E-state index contributed by atoms with van der Waals surface area (Å²) in [6.45, 7) is 4.50. The lowest BCUT2D eigenvalue weighted by molar-refractivity contribution is 0.0945. The number of nitrogens with one attached hydrogen (secondary N) is 1. The standard InChI is InChI=1S/C20H20N6O2/c1-14-17(15(2)28-23-14)12-21-19(27)18-20(25-10-6-7-11-25)26(24-22-18)13-16-8-4-3-5-9-16/h3-11H,12-13H2,1-2H3,(H,21,27). The summed E-state index contributed by atoms with van der Waals surface area (Å²) >= 11 is 0. The van der Waals surface area contributed by atoms with Crippen LogP contribution in [-0.2, 0) is 13.1 Å². The van der Waals surface area contributed by atoms with Gasteiger partial charge in [0.25, 0.3) is 5.91 Å². The molecule has 0 aliphatic heterocycles. The van der Waals surface area contributed by atoms with Gasteiger partial charge in [0.1, 0.15) is 5.76 Å². The lowest BCUT2D eigenvalue weighted by atomic mass is 10.2. The van der Waals surface area contributed by atoms with Crippen molar-refractivity contribution in [1.29, 1.82) is 0 Å². The van der Waals surface area contributed by atoms with Crippen molar-refractivity contribution in [1.82, 2.24) is 30.0 Å². The van der Waals surface area contributed by atoms with Crippen LogP contribution in [0.15, 0.2) is 59.4 Å². The zero-order valence-corrected chi connectivity index (χ0v) is 15.7. The summed E-state index contributed by atoms with van der Waals surface area (Å²) in [5, 5.41) is 15.2. The summed E-state index contributed by atoms with van der Waals surface area (Å²) in [5.74, 6) is 1.00. The molecule has 0 spiro atoms. The van der Waals surface area contributed by atoms with E-state index in [1.54, 1.807) is 4.68 Å². The van der Waals surface area contributed by atoms with Crippen molar-refractivity contribution in [2.45, 2.75) is 26.9 Å². The summed E-state index contributed by atoms with van der Waals surface area (Å²) in [5.41, 5.74) is 2.96. The smallest absolute Gasteiger partial charge is 0.276 e. The van der Waals surface area contributed by atoms with Gasteiger partial charge in [0, 0.05) is 24.5 Å². The summed E-state index contributed by atoms with van der Waals surface area (Å²) < 4.78 is 8.71. The van der Waals surface area contributed by atoms with E-state index < -0.39 is 0 Å². The second-order valence-electron chi connectivity index (χ2n) is 6.48. The fourth-order valence-corrected chi connectivity index (χ4v) is 3.06. The molecule has 0 aliphatic rings. The third-order valence-electron chi connectivity index (χ3n) is 4.56. The number of nitrogens with zero attached hydrogens (tertiary/aromatic N) is 5. The molecule has 28 heavy (non-hydrogen) atoms. The molecule has 0 unspecified atom stereocenters. The van der Waals surface area contributed by atoms with Gasteiger partial charge in [-0.1, -0.05) is 40.7 Å². The number of carbonyl (C=O) groups is 1. The molecule has 1 amide bonds. The van der Waals surface area contributed by atoms with E-state index in [9.17, 15) is 4.79 Å². The highest BCUT2D eigenvalue weighted by molar-refractivity contribution is 5.95. The second kappa shape index (κ2) is 7.51. The highest BCUT2D eigenvalue weighted by atomic mass is 16.5. The molecule has 8 heteroatoms. The van der Waals surface area contributed by atoms with Crippen molar-refractivity contribution in [2.75, 3.05) is 0 Å². The Hall–Kier alpha value is -3.68. The van der Waals surface area contributed by atoms with Crippen LogP contribution in [0, 0.1) is 13.8 Å². The first-order valence-corrected chi connectivity index (χ1v) is 8.94.